The summed E-state index contributed by atoms with van der Waals surface area (Å²) in [6.45, 7) is 2.22. The van der Waals surface area contributed by atoms with Gasteiger partial charge in [0.2, 0.25) is 0 Å². The molecule has 1 aromatic heterocycles. The Morgan fingerprint density at radius 3 is 2.47 bits per heavy atom. The maximum Gasteiger partial charge on any atom is 0.158 e. The van der Waals surface area contributed by atoms with Crippen molar-refractivity contribution in [3.63, 3.8) is 0 Å². The number of rotatable bonds is 4. The van der Waals surface area contributed by atoms with E-state index in [4.69, 9.17) is 11.6 Å². The summed E-state index contributed by atoms with van der Waals surface area (Å²) >= 11 is 7.50. The average Bonchev–Trinajstić information content (AvgIpc) is 3.09. The highest BCUT2D eigenvalue weighted by Crippen LogP contribution is 2.39. The van der Waals surface area contributed by atoms with Crippen LogP contribution in [0.2, 0.25) is 4.34 Å². The molecule has 2 nitrogen and oxygen atoms in total. The van der Waals surface area contributed by atoms with Crippen LogP contribution in [0.5, 0.6) is 0 Å². The molecule has 19 heavy (non-hydrogen) atoms. The standard InChI is InChI=1S/C15H20ClNOS/c16-14-6-5-12(19-14)11-13(18)15(7-1-2-8-15)17-9-3-4-10-17/h5-6H,1-4,7-11H2. The van der Waals surface area contributed by atoms with E-state index in [9.17, 15) is 4.79 Å². The Hall–Kier alpha value is -0.380. The van der Waals surface area contributed by atoms with E-state index in [0.29, 0.717) is 12.2 Å². The van der Waals surface area contributed by atoms with Gasteiger partial charge in [0.15, 0.2) is 5.78 Å². The zero-order valence-corrected chi connectivity index (χ0v) is 12.7. The summed E-state index contributed by atoms with van der Waals surface area (Å²) in [5.41, 5.74) is -0.146. The van der Waals surface area contributed by atoms with Gasteiger partial charge in [-0.1, -0.05) is 24.4 Å². The van der Waals surface area contributed by atoms with Crippen LogP contribution in [0, 0.1) is 0 Å². The van der Waals surface area contributed by atoms with Crippen LogP contribution in [-0.2, 0) is 11.2 Å². The third kappa shape index (κ3) is 2.61. The van der Waals surface area contributed by atoms with Crippen molar-refractivity contribution < 1.29 is 4.79 Å². The highest BCUT2D eigenvalue weighted by Gasteiger charge is 2.46. The molecule has 3 rings (SSSR count). The molecule has 1 aliphatic carbocycles. The van der Waals surface area contributed by atoms with E-state index in [1.807, 2.05) is 12.1 Å². The maximum atomic E-state index is 12.9. The van der Waals surface area contributed by atoms with Crippen LogP contribution < -0.4 is 0 Å². The molecule has 0 N–H and O–H groups in total. The van der Waals surface area contributed by atoms with Gasteiger partial charge in [-0.2, -0.15) is 0 Å². The minimum absolute atomic E-state index is 0.146. The minimum Gasteiger partial charge on any atom is -0.297 e. The lowest BCUT2D eigenvalue weighted by atomic mass is 9.88. The number of hydrogen-bond acceptors (Lipinski definition) is 3. The van der Waals surface area contributed by atoms with Crippen molar-refractivity contribution in [2.45, 2.75) is 50.5 Å². The number of carbonyl (C=O) groups excluding carboxylic acids is 1. The molecule has 4 heteroatoms. The summed E-state index contributed by atoms with van der Waals surface area (Å²) in [5.74, 6) is 0.422. The average molecular weight is 298 g/mol. The minimum atomic E-state index is -0.146. The van der Waals surface area contributed by atoms with Crippen molar-refractivity contribution in [1.82, 2.24) is 4.90 Å². The summed E-state index contributed by atoms with van der Waals surface area (Å²) < 4.78 is 0.782. The van der Waals surface area contributed by atoms with Crippen molar-refractivity contribution in [3.05, 3.63) is 21.3 Å². The SMILES string of the molecule is O=C(Cc1ccc(Cl)s1)C1(N2CCCC2)CCCC1. The fraction of sp³-hybridized carbons (Fsp3) is 0.667. The molecule has 0 bridgehead atoms. The Bertz CT molecular complexity index is 458. The Morgan fingerprint density at radius 2 is 1.89 bits per heavy atom. The van der Waals surface area contributed by atoms with Crippen LogP contribution >= 0.6 is 22.9 Å². The first kappa shape index (κ1) is 13.6. The van der Waals surface area contributed by atoms with E-state index in [1.54, 1.807) is 11.3 Å². The van der Waals surface area contributed by atoms with Gasteiger partial charge in [-0.05, 0) is 50.9 Å². The van der Waals surface area contributed by atoms with Crippen LogP contribution in [0.25, 0.3) is 0 Å². The number of hydrogen-bond donors (Lipinski definition) is 0. The molecule has 0 spiro atoms. The number of nitrogens with zero attached hydrogens (tertiary/aromatic N) is 1. The quantitative estimate of drug-likeness (QED) is 0.839. The first-order valence-corrected chi connectivity index (χ1v) is 8.43. The highest BCUT2D eigenvalue weighted by molar-refractivity contribution is 7.16. The van der Waals surface area contributed by atoms with E-state index in [-0.39, 0.29) is 5.54 Å². The molecule has 2 fully saturated rings. The van der Waals surface area contributed by atoms with Gasteiger partial charge < -0.3 is 0 Å². The molecule has 0 aromatic carbocycles. The van der Waals surface area contributed by atoms with E-state index >= 15 is 0 Å². The van der Waals surface area contributed by atoms with Gasteiger partial charge in [0.25, 0.3) is 0 Å². The lowest BCUT2D eigenvalue weighted by Crippen LogP contribution is -2.52. The van der Waals surface area contributed by atoms with Crippen molar-refractivity contribution in [2.75, 3.05) is 13.1 Å². The van der Waals surface area contributed by atoms with Gasteiger partial charge in [-0.15, -0.1) is 11.3 Å². The molecular weight excluding hydrogens is 278 g/mol. The van der Waals surface area contributed by atoms with Crippen LogP contribution in [0.4, 0.5) is 0 Å². The van der Waals surface area contributed by atoms with Crippen LogP contribution in [0.1, 0.15) is 43.4 Å². The first-order chi connectivity index (χ1) is 9.21. The van der Waals surface area contributed by atoms with Gasteiger partial charge in [0.05, 0.1) is 9.88 Å². The second kappa shape index (κ2) is 5.55. The predicted octanol–water partition coefficient (Wildman–Crippen LogP) is 3.92. The normalized spacial score (nSPS) is 23.0. The number of halogens is 1. The Labute approximate surface area is 123 Å². The van der Waals surface area contributed by atoms with Crippen LogP contribution in [0.15, 0.2) is 12.1 Å². The van der Waals surface area contributed by atoms with Crippen molar-refractivity contribution in [1.29, 1.82) is 0 Å². The molecule has 1 saturated carbocycles. The first-order valence-electron chi connectivity index (χ1n) is 7.23. The fourth-order valence-corrected chi connectivity index (χ4v) is 4.73. The third-order valence-electron chi connectivity index (χ3n) is 4.62. The topological polar surface area (TPSA) is 20.3 Å². The third-order valence-corrected chi connectivity index (χ3v) is 5.86. The van der Waals surface area contributed by atoms with E-state index < -0.39 is 0 Å². The molecule has 0 amide bonds. The smallest absolute Gasteiger partial charge is 0.158 e. The van der Waals surface area contributed by atoms with E-state index in [0.717, 1.165) is 35.1 Å². The molecule has 104 valence electrons. The molecule has 0 atom stereocenters. The zero-order valence-electron chi connectivity index (χ0n) is 11.2. The Morgan fingerprint density at radius 1 is 1.21 bits per heavy atom. The lowest BCUT2D eigenvalue weighted by molar-refractivity contribution is -0.129. The zero-order chi connectivity index (χ0) is 13.3. The number of thiophene rings is 1. The molecule has 1 saturated heterocycles. The second-order valence-electron chi connectivity index (χ2n) is 5.74. The summed E-state index contributed by atoms with van der Waals surface area (Å²) in [5, 5.41) is 0. The van der Waals surface area contributed by atoms with Gasteiger partial charge in [-0.25, -0.2) is 0 Å². The molecule has 2 aliphatic rings. The predicted molar refractivity (Wildman–Crippen MR) is 80.0 cm³/mol. The van der Waals surface area contributed by atoms with Gasteiger partial charge in [0, 0.05) is 11.3 Å². The van der Waals surface area contributed by atoms with Crippen LogP contribution in [-0.4, -0.2) is 29.3 Å². The summed E-state index contributed by atoms with van der Waals surface area (Å²) in [7, 11) is 0. The number of likely N-dealkylation sites (tertiary alicyclic amines) is 1. The van der Waals surface area contributed by atoms with Crippen molar-refractivity contribution in [2.24, 2.45) is 0 Å². The van der Waals surface area contributed by atoms with Gasteiger partial charge in [-0.3, -0.25) is 9.69 Å². The van der Waals surface area contributed by atoms with E-state index in [2.05, 4.69) is 4.90 Å². The number of Topliss-reactive ketones (excluding diaryl/α,β-unsaturated/α-hetero) is 1. The Balaban J connectivity index is 1.77. The molecule has 0 unspecified atom stereocenters. The highest BCUT2D eigenvalue weighted by atomic mass is 35.5. The van der Waals surface area contributed by atoms with Gasteiger partial charge in [0.1, 0.15) is 0 Å². The monoisotopic (exact) mass is 297 g/mol. The molecule has 1 aliphatic heterocycles. The summed E-state index contributed by atoms with van der Waals surface area (Å²) in [4.78, 5) is 16.4. The van der Waals surface area contributed by atoms with Crippen molar-refractivity contribution in [3.8, 4) is 0 Å². The van der Waals surface area contributed by atoms with Gasteiger partial charge >= 0.3 is 0 Å². The number of ketones is 1. The molecule has 0 radical (unpaired) electrons. The fourth-order valence-electron chi connectivity index (χ4n) is 3.65. The largest absolute Gasteiger partial charge is 0.297 e. The van der Waals surface area contributed by atoms with Crippen molar-refractivity contribution >= 4 is 28.7 Å². The summed E-state index contributed by atoms with van der Waals surface area (Å²) in [6, 6.07) is 3.89. The molecular formula is C15H20ClNOS. The summed E-state index contributed by atoms with van der Waals surface area (Å²) in [6.07, 6.45) is 7.59. The lowest BCUT2D eigenvalue weighted by Gasteiger charge is -2.37. The molecule has 1 aromatic rings. The van der Waals surface area contributed by atoms with E-state index in [1.165, 1.54) is 25.7 Å². The second-order valence-corrected chi connectivity index (χ2v) is 7.54. The molecule has 2 heterocycles. The maximum absolute atomic E-state index is 12.9. The Kier molecular flexibility index (Phi) is 3.97. The number of carbonyl (C=O) groups is 1. The van der Waals surface area contributed by atoms with Crippen LogP contribution in [0.3, 0.4) is 0 Å².